The average Bonchev–Trinajstić information content (AvgIpc) is 3.10. The Morgan fingerprint density at radius 1 is 1.05 bits per heavy atom. The zero-order chi connectivity index (χ0) is 14.8. The minimum atomic E-state index is -0.479. The van der Waals surface area contributed by atoms with E-state index in [-0.39, 0.29) is 12.4 Å². The van der Waals surface area contributed by atoms with Crippen molar-refractivity contribution in [3.05, 3.63) is 56.6 Å². The molecule has 0 amide bonds. The number of halogens is 1. The molecule has 0 saturated heterocycles. The number of hydrogen-bond donors (Lipinski definition) is 0. The fourth-order valence-corrected chi connectivity index (χ4v) is 3.74. The molecule has 0 radical (unpaired) electrons. The monoisotopic (exact) mass is 336 g/mol. The van der Waals surface area contributed by atoms with Crippen molar-refractivity contribution >= 4 is 56.1 Å². The van der Waals surface area contributed by atoms with E-state index >= 15 is 0 Å². The molecule has 106 valence electrons. The second-order valence-electron chi connectivity index (χ2n) is 4.25. The molecule has 0 unspecified atom stereocenters. The molecular formula is C15H9ClO3S2. The summed E-state index contributed by atoms with van der Waals surface area (Å²) in [7, 11) is 0. The third-order valence-electron chi connectivity index (χ3n) is 2.81. The molecule has 0 N–H and O–H groups in total. The molecule has 3 nitrogen and oxygen atoms in total. The van der Waals surface area contributed by atoms with E-state index in [9.17, 15) is 9.59 Å². The second kappa shape index (κ2) is 5.97. The first-order valence-electron chi connectivity index (χ1n) is 6.08. The molecule has 0 aliphatic heterocycles. The van der Waals surface area contributed by atoms with Crippen molar-refractivity contribution in [1.82, 2.24) is 0 Å². The van der Waals surface area contributed by atoms with Crippen molar-refractivity contribution in [2.24, 2.45) is 0 Å². The van der Waals surface area contributed by atoms with Gasteiger partial charge >= 0.3 is 5.97 Å². The van der Waals surface area contributed by atoms with Gasteiger partial charge in [-0.15, -0.1) is 22.7 Å². The van der Waals surface area contributed by atoms with E-state index in [0.29, 0.717) is 14.1 Å². The summed E-state index contributed by atoms with van der Waals surface area (Å²) < 4.78 is 6.62. The lowest BCUT2D eigenvalue weighted by Crippen LogP contribution is -2.12. The summed E-state index contributed by atoms with van der Waals surface area (Å²) in [5.74, 6) is -0.728. The SMILES string of the molecule is O=C(COC(=O)c1cc2ccccc2s1)c1ccc(Cl)s1. The highest BCUT2D eigenvalue weighted by Crippen LogP contribution is 2.26. The zero-order valence-electron chi connectivity index (χ0n) is 10.7. The topological polar surface area (TPSA) is 43.4 Å². The number of thiophene rings is 2. The van der Waals surface area contributed by atoms with E-state index in [1.807, 2.05) is 24.3 Å². The van der Waals surface area contributed by atoms with Gasteiger partial charge in [-0.2, -0.15) is 0 Å². The first kappa shape index (κ1) is 14.3. The van der Waals surface area contributed by atoms with Crippen LogP contribution in [0.15, 0.2) is 42.5 Å². The number of hydrogen-bond acceptors (Lipinski definition) is 5. The van der Waals surface area contributed by atoms with Crippen LogP contribution in [-0.4, -0.2) is 18.4 Å². The number of esters is 1. The summed E-state index contributed by atoms with van der Waals surface area (Å²) in [6.45, 7) is -0.274. The average molecular weight is 337 g/mol. The predicted molar refractivity (Wildman–Crippen MR) is 85.8 cm³/mol. The van der Waals surface area contributed by atoms with E-state index in [2.05, 4.69) is 0 Å². The van der Waals surface area contributed by atoms with Crippen LogP contribution in [0.5, 0.6) is 0 Å². The fraction of sp³-hybridized carbons (Fsp3) is 0.0667. The van der Waals surface area contributed by atoms with E-state index in [1.165, 1.54) is 22.7 Å². The van der Waals surface area contributed by atoms with E-state index < -0.39 is 5.97 Å². The maximum atomic E-state index is 12.0. The Morgan fingerprint density at radius 2 is 1.86 bits per heavy atom. The summed E-state index contributed by atoms with van der Waals surface area (Å²) in [5.41, 5.74) is 0. The molecule has 2 heterocycles. The molecule has 3 aromatic rings. The van der Waals surface area contributed by atoms with Gasteiger partial charge in [-0.25, -0.2) is 4.79 Å². The van der Waals surface area contributed by atoms with Crippen LogP contribution in [0.2, 0.25) is 4.34 Å². The highest BCUT2D eigenvalue weighted by Gasteiger charge is 2.15. The van der Waals surface area contributed by atoms with Gasteiger partial charge in [0, 0.05) is 4.70 Å². The van der Waals surface area contributed by atoms with Gasteiger partial charge in [0.2, 0.25) is 5.78 Å². The molecular weight excluding hydrogens is 328 g/mol. The standard InChI is InChI=1S/C15H9ClO3S2/c16-14-6-5-12(21-14)10(17)8-19-15(18)13-7-9-3-1-2-4-11(9)20-13/h1-7H,8H2. The van der Waals surface area contributed by atoms with Crippen LogP contribution in [0.3, 0.4) is 0 Å². The lowest BCUT2D eigenvalue weighted by molar-refractivity contribution is 0.0481. The Labute approximate surface area is 133 Å². The third kappa shape index (κ3) is 3.15. The van der Waals surface area contributed by atoms with E-state index in [0.717, 1.165) is 10.1 Å². The Morgan fingerprint density at radius 3 is 2.57 bits per heavy atom. The predicted octanol–water partition coefficient (Wildman–Crippen LogP) is 4.66. The zero-order valence-corrected chi connectivity index (χ0v) is 13.1. The number of rotatable bonds is 4. The molecule has 3 rings (SSSR count). The Bertz CT molecular complexity index is 786. The van der Waals surface area contributed by atoms with Gasteiger partial charge in [0.25, 0.3) is 0 Å². The van der Waals surface area contributed by atoms with Gasteiger partial charge in [-0.05, 0) is 29.7 Å². The summed E-state index contributed by atoms with van der Waals surface area (Å²) in [6.07, 6.45) is 0. The fourth-order valence-electron chi connectivity index (χ4n) is 1.82. The molecule has 0 aliphatic rings. The number of Topliss-reactive ketones (excluding diaryl/α,β-unsaturated/α-hetero) is 1. The Balaban J connectivity index is 1.67. The lowest BCUT2D eigenvalue weighted by atomic mass is 10.2. The number of ether oxygens (including phenoxy) is 1. The number of carbonyl (C=O) groups is 2. The van der Waals surface area contributed by atoms with Crippen molar-refractivity contribution in [3.8, 4) is 0 Å². The number of ketones is 1. The molecule has 21 heavy (non-hydrogen) atoms. The highest BCUT2D eigenvalue weighted by atomic mass is 35.5. The van der Waals surface area contributed by atoms with Gasteiger partial charge in [0.1, 0.15) is 4.88 Å². The minimum absolute atomic E-state index is 0.249. The van der Waals surface area contributed by atoms with Crippen molar-refractivity contribution in [2.75, 3.05) is 6.61 Å². The van der Waals surface area contributed by atoms with Crippen LogP contribution in [-0.2, 0) is 4.74 Å². The van der Waals surface area contributed by atoms with Gasteiger partial charge in [0.05, 0.1) is 9.21 Å². The van der Waals surface area contributed by atoms with Crippen molar-refractivity contribution in [1.29, 1.82) is 0 Å². The maximum absolute atomic E-state index is 12.0. The number of benzene rings is 1. The first-order chi connectivity index (χ1) is 10.1. The molecule has 0 fully saturated rings. The quantitative estimate of drug-likeness (QED) is 0.514. The van der Waals surface area contributed by atoms with Crippen molar-refractivity contribution in [2.45, 2.75) is 0 Å². The highest BCUT2D eigenvalue weighted by molar-refractivity contribution is 7.20. The Hall–Kier alpha value is -1.69. The Kier molecular flexibility index (Phi) is 4.05. The van der Waals surface area contributed by atoms with Crippen LogP contribution >= 0.6 is 34.3 Å². The summed E-state index contributed by atoms with van der Waals surface area (Å²) in [4.78, 5) is 24.8. The normalized spacial score (nSPS) is 10.7. The molecule has 2 aromatic heterocycles. The van der Waals surface area contributed by atoms with Crippen LogP contribution in [0.1, 0.15) is 19.3 Å². The molecule has 1 aromatic carbocycles. The van der Waals surface area contributed by atoms with Crippen LogP contribution in [0.25, 0.3) is 10.1 Å². The summed E-state index contributed by atoms with van der Waals surface area (Å²) in [6, 6.07) is 12.7. The van der Waals surface area contributed by atoms with Crippen LogP contribution in [0.4, 0.5) is 0 Å². The van der Waals surface area contributed by atoms with Crippen LogP contribution < -0.4 is 0 Å². The van der Waals surface area contributed by atoms with E-state index in [1.54, 1.807) is 18.2 Å². The maximum Gasteiger partial charge on any atom is 0.348 e. The molecule has 0 atom stereocenters. The van der Waals surface area contributed by atoms with Crippen molar-refractivity contribution < 1.29 is 14.3 Å². The molecule has 0 bridgehead atoms. The summed E-state index contributed by atoms with van der Waals surface area (Å²) in [5, 5.41) is 0.991. The minimum Gasteiger partial charge on any atom is -0.453 e. The second-order valence-corrected chi connectivity index (χ2v) is 7.05. The van der Waals surface area contributed by atoms with Gasteiger partial charge in [0.15, 0.2) is 6.61 Å². The molecule has 6 heteroatoms. The van der Waals surface area contributed by atoms with Gasteiger partial charge in [-0.1, -0.05) is 29.8 Å². The summed E-state index contributed by atoms with van der Waals surface area (Å²) >= 11 is 8.30. The molecule has 0 spiro atoms. The van der Waals surface area contributed by atoms with Gasteiger partial charge < -0.3 is 4.74 Å². The largest absolute Gasteiger partial charge is 0.453 e. The number of carbonyl (C=O) groups excluding carboxylic acids is 2. The van der Waals surface area contributed by atoms with Crippen LogP contribution in [0, 0.1) is 0 Å². The number of fused-ring (bicyclic) bond motifs is 1. The smallest absolute Gasteiger partial charge is 0.348 e. The first-order valence-corrected chi connectivity index (χ1v) is 8.09. The molecule has 0 saturated carbocycles. The van der Waals surface area contributed by atoms with Gasteiger partial charge in [-0.3, -0.25) is 4.79 Å². The lowest BCUT2D eigenvalue weighted by Gasteiger charge is -2.00. The molecule has 0 aliphatic carbocycles. The van der Waals surface area contributed by atoms with Crippen molar-refractivity contribution in [3.63, 3.8) is 0 Å². The van der Waals surface area contributed by atoms with E-state index in [4.69, 9.17) is 16.3 Å². The third-order valence-corrected chi connectivity index (χ3v) is 5.18.